The molecule has 6 nitrogen and oxygen atoms in total. The fraction of sp³-hybridized carbons (Fsp3) is 0.312. The smallest absolute Gasteiger partial charge is 0.326 e. The van der Waals surface area contributed by atoms with Gasteiger partial charge < -0.3 is 14.7 Å². The number of aryl methyl sites for hydroxylation is 1. The molecule has 1 aliphatic rings. The quantitative estimate of drug-likeness (QED) is 0.931. The van der Waals surface area contributed by atoms with Crippen molar-refractivity contribution in [2.24, 2.45) is 0 Å². The summed E-state index contributed by atoms with van der Waals surface area (Å²) in [6.07, 6.45) is 0.436. The van der Waals surface area contributed by atoms with E-state index >= 15 is 0 Å². The van der Waals surface area contributed by atoms with E-state index in [0.29, 0.717) is 24.8 Å². The SMILES string of the molecule is COc1cc(C)nc(N2Cc3ccccc3CC2C(=O)O)n1. The highest BCUT2D eigenvalue weighted by molar-refractivity contribution is 5.78. The van der Waals surface area contributed by atoms with Crippen molar-refractivity contribution >= 4 is 11.9 Å². The highest BCUT2D eigenvalue weighted by atomic mass is 16.5. The predicted octanol–water partition coefficient (Wildman–Crippen LogP) is 1.81. The third kappa shape index (κ3) is 2.59. The number of aliphatic carboxylic acids is 1. The fourth-order valence-electron chi connectivity index (χ4n) is 2.71. The highest BCUT2D eigenvalue weighted by Gasteiger charge is 2.33. The van der Waals surface area contributed by atoms with Crippen LogP contribution in [0.1, 0.15) is 16.8 Å². The van der Waals surface area contributed by atoms with Crippen LogP contribution in [0.25, 0.3) is 0 Å². The lowest BCUT2D eigenvalue weighted by Crippen LogP contribution is -2.46. The first-order valence-electron chi connectivity index (χ1n) is 7.04. The zero-order valence-corrected chi connectivity index (χ0v) is 12.5. The van der Waals surface area contributed by atoms with E-state index in [1.54, 1.807) is 11.0 Å². The largest absolute Gasteiger partial charge is 0.481 e. The summed E-state index contributed by atoms with van der Waals surface area (Å²) in [5.74, 6) is -0.0529. The number of ether oxygens (including phenoxy) is 1. The van der Waals surface area contributed by atoms with Crippen molar-refractivity contribution in [3.63, 3.8) is 0 Å². The summed E-state index contributed by atoms with van der Waals surface area (Å²) in [7, 11) is 1.53. The van der Waals surface area contributed by atoms with Crippen LogP contribution in [-0.4, -0.2) is 34.2 Å². The molecule has 2 heterocycles. The number of benzene rings is 1. The maximum atomic E-state index is 11.7. The van der Waals surface area contributed by atoms with Crippen molar-refractivity contribution in [3.05, 3.63) is 47.2 Å². The Bertz CT molecular complexity index is 718. The zero-order valence-electron chi connectivity index (χ0n) is 12.5. The van der Waals surface area contributed by atoms with E-state index in [4.69, 9.17) is 4.74 Å². The van der Waals surface area contributed by atoms with Gasteiger partial charge in [0, 0.05) is 24.7 Å². The van der Waals surface area contributed by atoms with Crippen LogP contribution in [0.15, 0.2) is 30.3 Å². The van der Waals surface area contributed by atoms with Crippen LogP contribution < -0.4 is 9.64 Å². The highest BCUT2D eigenvalue weighted by Crippen LogP contribution is 2.27. The summed E-state index contributed by atoms with van der Waals surface area (Å²) in [5.41, 5.74) is 2.90. The van der Waals surface area contributed by atoms with E-state index in [1.165, 1.54) is 7.11 Å². The molecule has 0 radical (unpaired) electrons. The van der Waals surface area contributed by atoms with Gasteiger partial charge >= 0.3 is 5.97 Å². The van der Waals surface area contributed by atoms with E-state index < -0.39 is 12.0 Å². The lowest BCUT2D eigenvalue weighted by atomic mass is 9.94. The van der Waals surface area contributed by atoms with E-state index in [9.17, 15) is 9.90 Å². The molecule has 6 heteroatoms. The van der Waals surface area contributed by atoms with Gasteiger partial charge in [-0.3, -0.25) is 0 Å². The van der Waals surface area contributed by atoms with E-state index in [1.807, 2.05) is 31.2 Å². The Hall–Kier alpha value is -2.63. The Kier molecular flexibility index (Phi) is 3.66. The van der Waals surface area contributed by atoms with Gasteiger partial charge in [-0.25, -0.2) is 9.78 Å². The molecule has 2 aromatic rings. The third-order valence-corrected chi connectivity index (χ3v) is 3.82. The molecule has 0 amide bonds. The first-order valence-corrected chi connectivity index (χ1v) is 7.04. The molecule has 114 valence electrons. The number of hydrogen-bond acceptors (Lipinski definition) is 5. The Morgan fingerprint density at radius 1 is 1.32 bits per heavy atom. The number of aromatic nitrogens is 2. The number of anilines is 1. The van der Waals surface area contributed by atoms with E-state index in [2.05, 4.69) is 9.97 Å². The van der Waals surface area contributed by atoms with Gasteiger partial charge in [0.25, 0.3) is 0 Å². The first kappa shape index (κ1) is 14.3. The van der Waals surface area contributed by atoms with Gasteiger partial charge in [0.2, 0.25) is 11.8 Å². The normalized spacial score (nSPS) is 17.0. The molecule has 0 spiro atoms. The van der Waals surface area contributed by atoms with Gasteiger partial charge in [0.05, 0.1) is 7.11 Å². The van der Waals surface area contributed by atoms with Gasteiger partial charge in [-0.2, -0.15) is 4.98 Å². The van der Waals surface area contributed by atoms with Crippen LogP contribution in [0.3, 0.4) is 0 Å². The number of nitrogens with zero attached hydrogens (tertiary/aromatic N) is 3. The second-order valence-corrected chi connectivity index (χ2v) is 5.31. The summed E-state index contributed by atoms with van der Waals surface area (Å²) < 4.78 is 5.17. The topological polar surface area (TPSA) is 75.5 Å². The summed E-state index contributed by atoms with van der Waals surface area (Å²) in [4.78, 5) is 22.1. The van der Waals surface area contributed by atoms with Gasteiger partial charge in [-0.1, -0.05) is 24.3 Å². The standard InChI is InChI=1S/C16H17N3O3/c1-10-7-14(22-2)18-16(17-10)19-9-12-6-4-3-5-11(12)8-13(19)15(20)21/h3-7,13H,8-9H2,1-2H3,(H,20,21). The average molecular weight is 299 g/mol. The van der Waals surface area contributed by atoms with Crippen molar-refractivity contribution in [2.45, 2.75) is 25.9 Å². The molecular formula is C16H17N3O3. The van der Waals surface area contributed by atoms with Gasteiger partial charge in [0.1, 0.15) is 6.04 Å². The monoisotopic (exact) mass is 299 g/mol. The number of rotatable bonds is 3. The summed E-state index contributed by atoms with van der Waals surface area (Å²) in [6.45, 7) is 2.31. The van der Waals surface area contributed by atoms with Gasteiger partial charge in [0.15, 0.2) is 0 Å². The van der Waals surface area contributed by atoms with Crippen LogP contribution in [0.5, 0.6) is 5.88 Å². The fourth-order valence-corrected chi connectivity index (χ4v) is 2.71. The number of hydrogen-bond donors (Lipinski definition) is 1. The molecule has 1 aliphatic heterocycles. The summed E-state index contributed by atoms with van der Waals surface area (Å²) >= 11 is 0. The van der Waals surface area contributed by atoms with Gasteiger partial charge in [-0.05, 0) is 18.1 Å². The van der Waals surface area contributed by atoms with Crippen LogP contribution in [0, 0.1) is 6.92 Å². The molecule has 1 unspecified atom stereocenters. The number of methoxy groups -OCH3 is 1. The van der Waals surface area contributed by atoms with Crippen LogP contribution in [-0.2, 0) is 17.8 Å². The number of carbonyl (C=O) groups is 1. The molecule has 0 bridgehead atoms. The Balaban J connectivity index is 2.04. The maximum absolute atomic E-state index is 11.7. The van der Waals surface area contributed by atoms with Crippen molar-refractivity contribution in [2.75, 3.05) is 12.0 Å². The molecular weight excluding hydrogens is 282 g/mol. The second-order valence-electron chi connectivity index (χ2n) is 5.31. The molecule has 0 aliphatic carbocycles. The maximum Gasteiger partial charge on any atom is 0.326 e. The second kappa shape index (κ2) is 5.63. The molecule has 3 rings (SSSR count). The molecule has 1 atom stereocenters. The number of carboxylic acid groups (broad SMARTS) is 1. The van der Waals surface area contributed by atoms with Crippen molar-refractivity contribution < 1.29 is 14.6 Å². The van der Waals surface area contributed by atoms with Crippen molar-refractivity contribution in [1.82, 2.24) is 9.97 Å². The van der Waals surface area contributed by atoms with Crippen LogP contribution in [0.2, 0.25) is 0 Å². The molecule has 0 fully saturated rings. The molecule has 1 N–H and O–H groups in total. The van der Waals surface area contributed by atoms with E-state index in [-0.39, 0.29) is 0 Å². The Labute approximate surface area is 128 Å². The van der Waals surface area contributed by atoms with Crippen LogP contribution >= 0.6 is 0 Å². The number of carboxylic acids is 1. The predicted molar refractivity (Wildman–Crippen MR) is 81.1 cm³/mol. The Morgan fingerprint density at radius 2 is 2.05 bits per heavy atom. The molecule has 0 saturated heterocycles. The summed E-state index contributed by atoms with van der Waals surface area (Å²) in [5, 5.41) is 9.56. The number of fused-ring (bicyclic) bond motifs is 1. The first-order chi connectivity index (χ1) is 10.6. The zero-order chi connectivity index (χ0) is 15.7. The lowest BCUT2D eigenvalue weighted by Gasteiger charge is -2.34. The molecule has 1 aromatic carbocycles. The molecule has 0 saturated carbocycles. The average Bonchev–Trinajstić information content (AvgIpc) is 2.52. The van der Waals surface area contributed by atoms with E-state index in [0.717, 1.165) is 16.8 Å². The minimum atomic E-state index is -0.876. The van der Waals surface area contributed by atoms with Crippen molar-refractivity contribution in [3.8, 4) is 5.88 Å². The molecule has 1 aromatic heterocycles. The Morgan fingerprint density at radius 3 is 2.73 bits per heavy atom. The minimum Gasteiger partial charge on any atom is -0.481 e. The lowest BCUT2D eigenvalue weighted by molar-refractivity contribution is -0.138. The third-order valence-electron chi connectivity index (χ3n) is 3.82. The molecule has 22 heavy (non-hydrogen) atoms. The van der Waals surface area contributed by atoms with Crippen LogP contribution in [0.4, 0.5) is 5.95 Å². The van der Waals surface area contributed by atoms with Gasteiger partial charge in [-0.15, -0.1) is 0 Å². The van der Waals surface area contributed by atoms with Crippen molar-refractivity contribution in [1.29, 1.82) is 0 Å². The minimum absolute atomic E-state index is 0.388. The summed E-state index contributed by atoms with van der Waals surface area (Å²) in [6, 6.07) is 8.90.